The topological polar surface area (TPSA) is 32.3 Å². The molecular weight excluding hydrogens is 561 g/mol. The van der Waals surface area contributed by atoms with E-state index >= 15 is 0 Å². The van der Waals surface area contributed by atoms with Crippen LogP contribution in [0.3, 0.4) is 0 Å². The van der Waals surface area contributed by atoms with Crippen molar-refractivity contribution in [3.8, 4) is 41.8 Å². The first-order valence-corrected chi connectivity index (χ1v) is 16.7. The van der Waals surface area contributed by atoms with Crippen molar-refractivity contribution < 1.29 is 0 Å². The number of anilines is 2. The summed E-state index contributed by atoms with van der Waals surface area (Å²) in [5, 5.41) is 0. The zero-order chi connectivity index (χ0) is 28.3. The smallest absolute Gasteiger partial charge is 0.114 e. The molecule has 3 aromatic carbocycles. The standard InChI is InChI=1S/C34H34N4S3/c1-5-37(6-2)25-13-9-23(10-14-25)29-19-21-31(39-29)27-17-18-28(34-33(27)35-41-36-34)32-22-20-30(40-32)24-11-15-26(16-12-24)38(7-3)8-4/h9-22H,5-8H2,1-4H3. The molecule has 3 heterocycles. The van der Waals surface area contributed by atoms with Gasteiger partial charge >= 0.3 is 0 Å². The van der Waals surface area contributed by atoms with Gasteiger partial charge in [-0.15, -0.1) is 22.7 Å². The maximum atomic E-state index is 4.75. The summed E-state index contributed by atoms with van der Waals surface area (Å²) in [7, 11) is 0. The molecule has 0 saturated heterocycles. The van der Waals surface area contributed by atoms with Crippen molar-refractivity contribution in [2.45, 2.75) is 27.7 Å². The minimum Gasteiger partial charge on any atom is -0.372 e. The monoisotopic (exact) mass is 594 g/mol. The van der Waals surface area contributed by atoms with Crippen molar-refractivity contribution >= 4 is 56.8 Å². The van der Waals surface area contributed by atoms with Gasteiger partial charge in [-0.1, -0.05) is 36.4 Å². The highest BCUT2D eigenvalue weighted by Gasteiger charge is 2.17. The van der Waals surface area contributed by atoms with E-state index in [0.29, 0.717) is 0 Å². The number of nitrogens with zero attached hydrogens (tertiary/aromatic N) is 4. The fourth-order valence-electron chi connectivity index (χ4n) is 5.39. The summed E-state index contributed by atoms with van der Waals surface area (Å²) >= 11 is 4.92. The van der Waals surface area contributed by atoms with Gasteiger partial charge in [-0.2, -0.15) is 8.75 Å². The summed E-state index contributed by atoms with van der Waals surface area (Å²) in [5.41, 5.74) is 9.31. The number of benzene rings is 3. The second-order valence-corrected chi connectivity index (χ2v) is 12.6. The van der Waals surface area contributed by atoms with Crippen LogP contribution in [-0.4, -0.2) is 34.9 Å². The van der Waals surface area contributed by atoms with Gasteiger partial charge in [0.2, 0.25) is 0 Å². The highest BCUT2D eigenvalue weighted by atomic mass is 32.1. The van der Waals surface area contributed by atoms with Crippen LogP contribution < -0.4 is 9.80 Å². The first kappa shape index (κ1) is 27.6. The lowest BCUT2D eigenvalue weighted by atomic mass is 10.1. The van der Waals surface area contributed by atoms with Gasteiger partial charge in [-0.05, 0) is 87.4 Å². The molecule has 0 bridgehead atoms. The van der Waals surface area contributed by atoms with Gasteiger partial charge in [-0.25, -0.2) is 0 Å². The van der Waals surface area contributed by atoms with Gasteiger partial charge in [0.15, 0.2) is 0 Å². The van der Waals surface area contributed by atoms with Crippen molar-refractivity contribution in [3.05, 3.63) is 84.9 Å². The van der Waals surface area contributed by atoms with Gasteiger partial charge in [0.05, 0.1) is 11.7 Å². The van der Waals surface area contributed by atoms with Crippen LogP contribution in [0.15, 0.2) is 84.9 Å². The van der Waals surface area contributed by atoms with E-state index in [-0.39, 0.29) is 0 Å². The first-order valence-electron chi connectivity index (χ1n) is 14.3. The number of hydrogen-bond donors (Lipinski definition) is 0. The van der Waals surface area contributed by atoms with Gasteiger partial charge in [0.25, 0.3) is 0 Å². The highest BCUT2D eigenvalue weighted by Crippen LogP contribution is 2.42. The van der Waals surface area contributed by atoms with Crippen LogP contribution in [0.1, 0.15) is 27.7 Å². The Bertz CT molecular complexity index is 1610. The van der Waals surface area contributed by atoms with E-state index in [0.717, 1.165) is 48.3 Å². The second kappa shape index (κ2) is 12.1. The SMILES string of the molecule is CCN(CC)c1ccc(-c2ccc(-c3ccc(-c4ccc(-c5ccc(N(CC)CC)cc5)s4)c4nsnc34)s2)cc1. The third kappa shape index (κ3) is 5.42. The van der Waals surface area contributed by atoms with E-state index in [9.17, 15) is 0 Å². The Labute approximate surface area is 254 Å². The largest absolute Gasteiger partial charge is 0.372 e. The molecule has 41 heavy (non-hydrogen) atoms. The van der Waals surface area contributed by atoms with Gasteiger partial charge in [-0.3, -0.25) is 0 Å². The lowest BCUT2D eigenvalue weighted by Gasteiger charge is -2.21. The fraction of sp³-hybridized carbons (Fsp3) is 0.235. The molecular formula is C34H34N4S3. The second-order valence-electron chi connectivity index (χ2n) is 9.89. The van der Waals surface area contributed by atoms with Gasteiger partial charge < -0.3 is 9.80 Å². The van der Waals surface area contributed by atoms with Crippen molar-refractivity contribution in [3.63, 3.8) is 0 Å². The summed E-state index contributed by atoms with van der Waals surface area (Å²) < 4.78 is 9.50. The summed E-state index contributed by atoms with van der Waals surface area (Å²) in [6, 6.07) is 31.2. The Balaban J connectivity index is 1.27. The molecule has 6 aromatic rings. The number of rotatable bonds is 10. The van der Waals surface area contributed by atoms with E-state index < -0.39 is 0 Å². The van der Waals surface area contributed by atoms with Crippen molar-refractivity contribution in [2.24, 2.45) is 0 Å². The van der Waals surface area contributed by atoms with E-state index in [1.165, 1.54) is 53.7 Å². The Morgan fingerprint density at radius 3 is 1.20 bits per heavy atom. The van der Waals surface area contributed by atoms with Crippen LogP contribution in [0.25, 0.3) is 52.8 Å². The molecule has 6 rings (SSSR count). The Kier molecular flexibility index (Phi) is 8.19. The molecule has 0 radical (unpaired) electrons. The van der Waals surface area contributed by atoms with Crippen LogP contribution >= 0.6 is 34.4 Å². The number of fused-ring (bicyclic) bond motifs is 1. The molecule has 4 nitrogen and oxygen atoms in total. The van der Waals surface area contributed by atoms with E-state index in [4.69, 9.17) is 8.75 Å². The molecule has 0 fully saturated rings. The molecule has 0 aliphatic heterocycles. The van der Waals surface area contributed by atoms with E-state index in [2.05, 4.69) is 122 Å². The molecule has 3 aromatic heterocycles. The Morgan fingerprint density at radius 2 is 0.829 bits per heavy atom. The normalized spacial score (nSPS) is 11.3. The molecule has 0 aliphatic rings. The Hall–Kier alpha value is -3.52. The lowest BCUT2D eigenvalue weighted by molar-refractivity contribution is 0.866. The number of aromatic nitrogens is 2. The minimum absolute atomic E-state index is 0.983. The third-order valence-electron chi connectivity index (χ3n) is 7.72. The zero-order valence-electron chi connectivity index (χ0n) is 23.9. The maximum absolute atomic E-state index is 4.75. The summed E-state index contributed by atoms with van der Waals surface area (Å²) in [6.45, 7) is 12.9. The van der Waals surface area contributed by atoms with Crippen LogP contribution in [0.5, 0.6) is 0 Å². The highest BCUT2D eigenvalue weighted by molar-refractivity contribution is 7.19. The summed E-state index contributed by atoms with van der Waals surface area (Å²) in [6.07, 6.45) is 0. The Morgan fingerprint density at radius 1 is 0.463 bits per heavy atom. The number of hydrogen-bond acceptors (Lipinski definition) is 7. The molecule has 0 unspecified atom stereocenters. The van der Waals surface area contributed by atoms with Gasteiger partial charge in [0.1, 0.15) is 11.0 Å². The molecule has 0 amide bonds. The minimum atomic E-state index is 0.983. The molecule has 7 heteroatoms. The predicted molar refractivity (Wildman–Crippen MR) is 182 cm³/mol. The molecule has 0 aliphatic carbocycles. The summed E-state index contributed by atoms with van der Waals surface area (Å²) in [4.78, 5) is 9.71. The zero-order valence-corrected chi connectivity index (χ0v) is 26.4. The van der Waals surface area contributed by atoms with Crippen molar-refractivity contribution in [1.82, 2.24) is 8.75 Å². The maximum Gasteiger partial charge on any atom is 0.114 e. The molecule has 0 N–H and O–H groups in total. The average molecular weight is 595 g/mol. The molecule has 0 saturated carbocycles. The quantitative estimate of drug-likeness (QED) is 0.158. The van der Waals surface area contributed by atoms with Crippen LogP contribution in [0.2, 0.25) is 0 Å². The molecule has 0 spiro atoms. The van der Waals surface area contributed by atoms with Gasteiger partial charge in [0, 0.05) is 68.2 Å². The van der Waals surface area contributed by atoms with Crippen LogP contribution in [-0.2, 0) is 0 Å². The summed E-state index contributed by atoms with van der Waals surface area (Å²) in [5.74, 6) is 0. The van der Waals surface area contributed by atoms with Crippen molar-refractivity contribution in [1.29, 1.82) is 0 Å². The third-order valence-corrected chi connectivity index (χ3v) is 10.6. The molecule has 0 atom stereocenters. The van der Waals surface area contributed by atoms with Crippen LogP contribution in [0.4, 0.5) is 11.4 Å². The van der Waals surface area contributed by atoms with E-state index in [1.54, 1.807) is 0 Å². The first-order chi connectivity index (χ1) is 20.1. The number of thiophene rings is 2. The van der Waals surface area contributed by atoms with Crippen LogP contribution in [0, 0.1) is 0 Å². The van der Waals surface area contributed by atoms with Crippen molar-refractivity contribution in [2.75, 3.05) is 36.0 Å². The van der Waals surface area contributed by atoms with E-state index in [1.807, 2.05) is 22.7 Å². The predicted octanol–water partition coefficient (Wildman–Crippen LogP) is 10.2. The average Bonchev–Trinajstić information content (AvgIpc) is 3.80. The lowest BCUT2D eigenvalue weighted by Crippen LogP contribution is -2.21. The fourth-order valence-corrected chi connectivity index (χ4v) is 8.04. The molecule has 208 valence electrons.